The molecule has 2 saturated carbocycles. The monoisotopic (exact) mass is 468 g/mol. The Labute approximate surface area is 202 Å². The first kappa shape index (κ1) is 23.4. The molecule has 3 aliphatic rings. The van der Waals surface area contributed by atoms with Crippen molar-refractivity contribution in [2.24, 2.45) is 17.8 Å². The van der Waals surface area contributed by atoms with Crippen molar-refractivity contribution in [3.8, 4) is 0 Å². The van der Waals surface area contributed by atoms with E-state index < -0.39 is 5.97 Å². The fourth-order valence-electron chi connectivity index (χ4n) is 6.05. The molecule has 0 amide bonds. The summed E-state index contributed by atoms with van der Waals surface area (Å²) in [6.45, 7) is 8.69. The van der Waals surface area contributed by atoms with Gasteiger partial charge in [0.1, 0.15) is 5.52 Å². The van der Waals surface area contributed by atoms with E-state index in [0.29, 0.717) is 29.3 Å². The Kier molecular flexibility index (Phi) is 6.67. The Balaban J connectivity index is 1.60. The maximum Gasteiger partial charge on any atom is 0.374 e. The highest BCUT2D eigenvalue weighted by molar-refractivity contribution is 5.91. The van der Waals surface area contributed by atoms with Crippen LogP contribution < -0.4 is 10.2 Å². The van der Waals surface area contributed by atoms with Gasteiger partial charge in [0.05, 0.1) is 0 Å². The Hall–Kier alpha value is -2.38. The lowest BCUT2D eigenvalue weighted by Gasteiger charge is -2.36. The molecule has 8 nitrogen and oxygen atoms in total. The first-order valence-electron chi connectivity index (χ1n) is 13.5. The molecule has 5 rings (SSSR count). The van der Waals surface area contributed by atoms with Gasteiger partial charge in [-0.1, -0.05) is 26.2 Å². The van der Waals surface area contributed by atoms with Gasteiger partial charge in [0, 0.05) is 25.2 Å². The average molecular weight is 469 g/mol. The van der Waals surface area contributed by atoms with Gasteiger partial charge in [-0.3, -0.25) is 0 Å². The highest BCUT2D eigenvalue weighted by atomic mass is 16.4. The van der Waals surface area contributed by atoms with E-state index in [1.54, 1.807) is 0 Å². The number of carboxylic acid groups (broad SMARTS) is 1. The summed E-state index contributed by atoms with van der Waals surface area (Å²) in [6.07, 6.45) is 12.2. The van der Waals surface area contributed by atoms with Gasteiger partial charge >= 0.3 is 5.97 Å². The fourth-order valence-corrected chi connectivity index (χ4v) is 6.05. The van der Waals surface area contributed by atoms with Crippen LogP contribution in [0.2, 0.25) is 0 Å². The number of rotatable bonds is 7. The van der Waals surface area contributed by atoms with Crippen molar-refractivity contribution in [3.05, 3.63) is 5.82 Å². The third-order valence-electron chi connectivity index (χ3n) is 8.63. The highest BCUT2D eigenvalue weighted by Crippen LogP contribution is 2.37. The molecule has 3 heterocycles. The summed E-state index contributed by atoms with van der Waals surface area (Å²) in [5.41, 5.74) is 1.38. The van der Waals surface area contributed by atoms with E-state index in [2.05, 4.69) is 45.5 Å². The van der Waals surface area contributed by atoms with Gasteiger partial charge in [0.15, 0.2) is 11.5 Å². The number of hydrogen-bond acceptors (Lipinski definition) is 6. The second kappa shape index (κ2) is 9.70. The molecule has 2 atom stereocenters. The molecule has 2 aromatic rings. The number of nitrogens with zero attached hydrogens (tertiary/aromatic N) is 5. The average Bonchev–Trinajstić information content (AvgIpc) is 3.12. The predicted molar refractivity (Wildman–Crippen MR) is 134 cm³/mol. The van der Waals surface area contributed by atoms with Crippen LogP contribution in [-0.4, -0.2) is 49.2 Å². The number of fused-ring (bicyclic) bond motifs is 1. The summed E-state index contributed by atoms with van der Waals surface area (Å²) >= 11 is 0. The van der Waals surface area contributed by atoms with Gasteiger partial charge in [0.25, 0.3) is 0 Å². The first-order chi connectivity index (χ1) is 16.4. The summed E-state index contributed by atoms with van der Waals surface area (Å²) in [4.78, 5) is 28.2. The van der Waals surface area contributed by atoms with Crippen molar-refractivity contribution in [2.75, 3.05) is 16.8 Å². The van der Waals surface area contributed by atoms with Crippen LogP contribution in [0.4, 0.5) is 11.8 Å². The van der Waals surface area contributed by atoms with Crippen LogP contribution in [0.3, 0.4) is 0 Å². The Bertz CT molecular complexity index is 1020. The quantitative estimate of drug-likeness (QED) is 0.567. The van der Waals surface area contributed by atoms with Gasteiger partial charge < -0.3 is 19.9 Å². The van der Waals surface area contributed by atoms with E-state index in [9.17, 15) is 9.90 Å². The van der Waals surface area contributed by atoms with Gasteiger partial charge in [0.2, 0.25) is 11.8 Å². The molecule has 0 aromatic carbocycles. The number of piperidine rings is 1. The number of nitrogens with one attached hydrogen (secondary N) is 1. The maximum atomic E-state index is 11.9. The molecular weight excluding hydrogens is 428 g/mol. The zero-order valence-corrected chi connectivity index (χ0v) is 21.0. The molecular formula is C26H40N6O2. The molecule has 34 heavy (non-hydrogen) atoms. The van der Waals surface area contributed by atoms with Gasteiger partial charge in [-0.25, -0.2) is 14.8 Å². The van der Waals surface area contributed by atoms with Gasteiger partial charge in [-0.2, -0.15) is 4.98 Å². The Morgan fingerprint density at radius 2 is 1.79 bits per heavy atom. The van der Waals surface area contributed by atoms with Crippen LogP contribution in [0.5, 0.6) is 0 Å². The number of hydrogen-bond donors (Lipinski definition) is 2. The lowest BCUT2D eigenvalue weighted by Crippen LogP contribution is -2.39. The van der Waals surface area contributed by atoms with Crippen LogP contribution >= 0.6 is 0 Å². The first-order valence-corrected chi connectivity index (χ1v) is 13.5. The van der Waals surface area contributed by atoms with Gasteiger partial charge in [-0.15, -0.1) is 0 Å². The Morgan fingerprint density at radius 1 is 1.03 bits per heavy atom. The van der Waals surface area contributed by atoms with Crippen LogP contribution in [0.25, 0.3) is 11.2 Å². The molecule has 2 N–H and O–H groups in total. The van der Waals surface area contributed by atoms with Crippen molar-refractivity contribution in [1.29, 1.82) is 0 Å². The molecule has 1 saturated heterocycles. The molecule has 1 unspecified atom stereocenters. The van der Waals surface area contributed by atoms with Crippen molar-refractivity contribution in [3.63, 3.8) is 0 Å². The zero-order chi connectivity index (χ0) is 23.8. The van der Waals surface area contributed by atoms with Crippen molar-refractivity contribution in [1.82, 2.24) is 19.5 Å². The minimum absolute atomic E-state index is 0.176. The van der Waals surface area contributed by atoms with Crippen molar-refractivity contribution in [2.45, 2.75) is 104 Å². The second-order valence-electron chi connectivity index (χ2n) is 11.2. The number of anilines is 2. The Morgan fingerprint density at radius 3 is 2.44 bits per heavy atom. The molecule has 2 aliphatic carbocycles. The number of aromatic carboxylic acids is 1. The van der Waals surface area contributed by atoms with Crippen LogP contribution in [-0.2, 0) is 6.54 Å². The third-order valence-corrected chi connectivity index (χ3v) is 8.63. The van der Waals surface area contributed by atoms with E-state index in [1.165, 1.54) is 51.4 Å². The summed E-state index contributed by atoms with van der Waals surface area (Å²) in [6, 6.07) is 0.651. The second-order valence-corrected chi connectivity index (χ2v) is 11.2. The highest BCUT2D eigenvalue weighted by Gasteiger charge is 2.31. The van der Waals surface area contributed by atoms with Crippen LogP contribution in [0.15, 0.2) is 0 Å². The molecule has 0 spiro atoms. The third kappa shape index (κ3) is 4.60. The number of aromatic nitrogens is 4. The molecule has 3 fully saturated rings. The molecule has 186 valence electrons. The van der Waals surface area contributed by atoms with E-state index >= 15 is 0 Å². The van der Waals surface area contributed by atoms with E-state index in [-0.39, 0.29) is 11.9 Å². The fraction of sp³-hybridized carbons (Fsp3) is 0.769. The van der Waals surface area contributed by atoms with E-state index in [4.69, 9.17) is 4.98 Å². The van der Waals surface area contributed by atoms with Crippen molar-refractivity contribution >= 4 is 28.9 Å². The SMILES string of the molecule is CC1CCC(Cn2c(N3CCCCC3C)nc3nc(C(=O)O)nc(N[C@H](C)C4CCC4)c32)CC1. The standard InChI is InChI=1S/C26H40N6O2/c1-16-10-12-19(13-11-16)15-32-21-22(27-18(3)20-8-6-9-20)28-24(25(33)34)29-23(21)30-26(32)31-14-5-4-7-17(31)2/h16-20H,4-15H2,1-3H3,(H,33,34)(H,27,28,29)/t16?,17?,18-,19?/m1/s1. The van der Waals surface area contributed by atoms with Crippen molar-refractivity contribution < 1.29 is 9.90 Å². The summed E-state index contributed by atoms with van der Waals surface area (Å²) < 4.78 is 2.33. The van der Waals surface area contributed by atoms with Gasteiger partial charge in [-0.05, 0) is 76.5 Å². The molecule has 2 aromatic heterocycles. The number of imidazole rings is 1. The lowest BCUT2D eigenvalue weighted by atomic mass is 9.80. The molecule has 0 radical (unpaired) electrons. The normalized spacial score (nSPS) is 26.9. The van der Waals surface area contributed by atoms with Crippen LogP contribution in [0, 0.1) is 17.8 Å². The van der Waals surface area contributed by atoms with Crippen LogP contribution in [0.1, 0.15) is 95.6 Å². The minimum atomic E-state index is -1.11. The maximum absolute atomic E-state index is 11.9. The van der Waals surface area contributed by atoms with E-state index in [0.717, 1.165) is 43.3 Å². The zero-order valence-electron chi connectivity index (χ0n) is 21.0. The molecule has 1 aliphatic heterocycles. The summed E-state index contributed by atoms with van der Waals surface area (Å²) in [7, 11) is 0. The number of carbonyl (C=O) groups is 1. The summed E-state index contributed by atoms with van der Waals surface area (Å²) in [5.74, 6) is 2.31. The number of carboxylic acids is 1. The topological polar surface area (TPSA) is 96.2 Å². The minimum Gasteiger partial charge on any atom is -0.475 e. The largest absolute Gasteiger partial charge is 0.475 e. The molecule has 0 bridgehead atoms. The summed E-state index contributed by atoms with van der Waals surface area (Å²) in [5, 5.41) is 13.3. The smallest absolute Gasteiger partial charge is 0.374 e. The lowest BCUT2D eigenvalue weighted by molar-refractivity contribution is 0.0684. The van der Waals surface area contributed by atoms with E-state index in [1.807, 2.05) is 0 Å². The molecule has 8 heteroatoms. The predicted octanol–water partition coefficient (Wildman–Crippen LogP) is 5.33.